The molecule has 1 fully saturated rings. The molecule has 3 N–H and O–H groups in total. The number of fused-ring (bicyclic) bond motifs is 1. The minimum atomic E-state index is 0.0459. The Hall–Kier alpha value is -1.06. The highest BCUT2D eigenvalue weighted by molar-refractivity contribution is 6.31. The molecule has 1 aromatic rings. The van der Waals surface area contributed by atoms with E-state index in [2.05, 4.69) is 17.2 Å². The molecule has 1 heterocycles. The zero-order chi connectivity index (χ0) is 12.0. The Kier molecular flexibility index (Phi) is 2.60. The number of halogens is 1. The molecule has 2 atom stereocenters. The highest BCUT2D eigenvalue weighted by Crippen LogP contribution is 2.37. The topological polar surface area (TPSA) is 50.4 Å². The number of benzene rings is 1. The van der Waals surface area contributed by atoms with Crippen LogP contribution < -0.4 is 11.1 Å². The van der Waals surface area contributed by atoms with E-state index in [0.717, 1.165) is 22.1 Å². The van der Waals surface area contributed by atoms with Gasteiger partial charge >= 0.3 is 0 Å². The Morgan fingerprint density at radius 2 is 2.24 bits per heavy atom. The van der Waals surface area contributed by atoms with Gasteiger partial charge in [0.25, 0.3) is 0 Å². The fourth-order valence-electron chi connectivity index (χ4n) is 2.36. The fraction of sp³-hybridized carbons (Fsp3) is 0.462. The molecule has 3 nitrogen and oxygen atoms in total. The lowest BCUT2D eigenvalue weighted by Crippen LogP contribution is -2.44. The van der Waals surface area contributed by atoms with Crippen LogP contribution in [0.5, 0.6) is 0 Å². The second kappa shape index (κ2) is 4.00. The molecular formula is C13H16ClN3. The van der Waals surface area contributed by atoms with Gasteiger partial charge in [-0.2, -0.15) is 0 Å². The average molecular weight is 250 g/mol. The van der Waals surface area contributed by atoms with Gasteiger partial charge in [0.2, 0.25) is 0 Å². The number of aliphatic imine (C=N–C) groups is 1. The van der Waals surface area contributed by atoms with E-state index in [-0.39, 0.29) is 12.1 Å². The minimum Gasteiger partial charge on any atom is -0.366 e. The van der Waals surface area contributed by atoms with E-state index in [1.807, 2.05) is 18.2 Å². The van der Waals surface area contributed by atoms with Gasteiger partial charge < -0.3 is 11.1 Å². The summed E-state index contributed by atoms with van der Waals surface area (Å²) in [6.45, 7) is 2.10. The SMILES string of the molecule is CC1NC(C(N)C2CC2)=Nc2cccc(Cl)c21. The predicted octanol–water partition coefficient (Wildman–Crippen LogP) is 2.77. The van der Waals surface area contributed by atoms with Crippen LogP contribution in [0.3, 0.4) is 0 Å². The second-order valence-electron chi connectivity index (χ2n) is 4.90. The first-order chi connectivity index (χ1) is 8.16. The van der Waals surface area contributed by atoms with Crippen molar-refractivity contribution in [1.29, 1.82) is 0 Å². The normalized spacial score (nSPS) is 24.6. The van der Waals surface area contributed by atoms with E-state index in [1.165, 1.54) is 12.8 Å². The molecular weight excluding hydrogens is 234 g/mol. The summed E-state index contributed by atoms with van der Waals surface area (Å²) in [6.07, 6.45) is 2.44. The Bertz CT molecular complexity index is 480. The molecule has 1 aromatic carbocycles. The summed E-state index contributed by atoms with van der Waals surface area (Å²) in [5, 5.41) is 4.14. The molecule has 2 aliphatic rings. The standard InChI is InChI=1S/C13H16ClN3/c1-7-11-9(14)3-2-4-10(11)17-13(16-7)12(15)8-5-6-8/h2-4,7-8,12H,5-6,15H2,1H3,(H,16,17). The lowest BCUT2D eigenvalue weighted by Gasteiger charge is -2.27. The van der Waals surface area contributed by atoms with E-state index in [1.54, 1.807) is 0 Å². The number of hydrogen-bond acceptors (Lipinski definition) is 3. The van der Waals surface area contributed by atoms with Crippen molar-refractivity contribution < 1.29 is 0 Å². The molecule has 17 heavy (non-hydrogen) atoms. The molecule has 0 spiro atoms. The van der Waals surface area contributed by atoms with Crippen LogP contribution in [0.2, 0.25) is 5.02 Å². The first-order valence-electron chi connectivity index (χ1n) is 6.06. The van der Waals surface area contributed by atoms with E-state index < -0.39 is 0 Å². The third-order valence-electron chi connectivity index (χ3n) is 3.51. The van der Waals surface area contributed by atoms with Gasteiger partial charge in [-0.1, -0.05) is 17.7 Å². The zero-order valence-corrected chi connectivity index (χ0v) is 10.5. The van der Waals surface area contributed by atoms with Crippen molar-refractivity contribution >= 4 is 23.1 Å². The summed E-state index contributed by atoms with van der Waals surface area (Å²) >= 11 is 6.20. The Balaban J connectivity index is 2.00. The van der Waals surface area contributed by atoms with Crippen LogP contribution in [-0.2, 0) is 0 Å². The molecule has 0 aromatic heterocycles. The van der Waals surface area contributed by atoms with Crippen molar-refractivity contribution in [3.63, 3.8) is 0 Å². The molecule has 0 saturated heterocycles. The second-order valence-corrected chi connectivity index (χ2v) is 5.31. The highest BCUT2D eigenvalue weighted by Gasteiger charge is 2.34. The van der Waals surface area contributed by atoms with Gasteiger partial charge in [0.15, 0.2) is 0 Å². The summed E-state index contributed by atoms with van der Waals surface area (Å²) in [4.78, 5) is 4.61. The molecule has 1 aliphatic heterocycles. The van der Waals surface area contributed by atoms with Crippen LogP contribution in [0, 0.1) is 5.92 Å². The van der Waals surface area contributed by atoms with E-state index in [9.17, 15) is 0 Å². The fourth-order valence-corrected chi connectivity index (χ4v) is 2.69. The van der Waals surface area contributed by atoms with Crippen molar-refractivity contribution in [3.8, 4) is 0 Å². The molecule has 0 bridgehead atoms. The van der Waals surface area contributed by atoms with E-state index >= 15 is 0 Å². The summed E-state index contributed by atoms with van der Waals surface area (Å²) < 4.78 is 0. The summed E-state index contributed by atoms with van der Waals surface area (Å²) in [6, 6.07) is 6.06. The van der Waals surface area contributed by atoms with Gasteiger partial charge in [0.05, 0.1) is 17.8 Å². The maximum Gasteiger partial charge on any atom is 0.120 e. The number of nitrogens with two attached hydrogens (primary N) is 1. The van der Waals surface area contributed by atoms with Crippen molar-refractivity contribution in [1.82, 2.24) is 5.32 Å². The van der Waals surface area contributed by atoms with Crippen LogP contribution in [-0.4, -0.2) is 11.9 Å². The summed E-state index contributed by atoms with van der Waals surface area (Å²) in [7, 11) is 0. The third-order valence-corrected chi connectivity index (χ3v) is 3.84. The third kappa shape index (κ3) is 1.94. The first-order valence-corrected chi connectivity index (χ1v) is 6.43. The van der Waals surface area contributed by atoms with Crippen LogP contribution in [0.4, 0.5) is 5.69 Å². The van der Waals surface area contributed by atoms with Gasteiger partial charge in [0, 0.05) is 10.6 Å². The van der Waals surface area contributed by atoms with E-state index in [0.29, 0.717) is 5.92 Å². The monoisotopic (exact) mass is 249 g/mol. The van der Waals surface area contributed by atoms with Gasteiger partial charge in [-0.3, -0.25) is 0 Å². The molecule has 1 saturated carbocycles. The largest absolute Gasteiger partial charge is 0.366 e. The smallest absolute Gasteiger partial charge is 0.120 e. The van der Waals surface area contributed by atoms with Crippen LogP contribution in [0.25, 0.3) is 0 Å². The van der Waals surface area contributed by atoms with Crippen molar-refractivity contribution in [3.05, 3.63) is 28.8 Å². The quantitative estimate of drug-likeness (QED) is 0.847. The number of amidine groups is 1. The van der Waals surface area contributed by atoms with Crippen LogP contribution in [0.15, 0.2) is 23.2 Å². The molecule has 2 unspecified atom stereocenters. The highest BCUT2D eigenvalue weighted by atomic mass is 35.5. The number of hydrogen-bond donors (Lipinski definition) is 2. The first kappa shape index (κ1) is 11.1. The Labute approximate surface area is 106 Å². The Morgan fingerprint density at radius 1 is 1.47 bits per heavy atom. The lowest BCUT2D eigenvalue weighted by molar-refractivity contribution is 0.643. The van der Waals surface area contributed by atoms with Crippen LogP contribution >= 0.6 is 11.6 Å². The molecule has 0 radical (unpaired) electrons. The number of nitrogens with one attached hydrogen (secondary N) is 1. The average Bonchev–Trinajstić information content (AvgIpc) is 3.11. The molecule has 90 valence electrons. The predicted molar refractivity (Wildman–Crippen MR) is 70.8 cm³/mol. The number of nitrogens with zero attached hydrogens (tertiary/aromatic N) is 1. The van der Waals surface area contributed by atoms with Crippen molar-refractivity contribution in [2.45, 2.75) is 31.8 Å². The Morgan fingerprint density at radius 3 is 2.94 bits per heavy atom. The lowest BCUT2D eigenvalue weighted by atomic mass is 10.0. The summed E-state index contributed by atoms with van der Waals surface area (Å²) in [5.74, 6) is 1.52. The van der Waals surface area contributed by atoms with E-state index in [4.69, 9.17) is 17.3 Å². The van der Waals surface area contributed by atoms with Crippen LogP contribution in [0.1, 0.15) is 31.4 Å². The summed E-state index contributed by atoms with van der Waals surface area (Å²) in [5.41, 5.74) is 8.21. The van der Waals surface area contributed by atoms with Crippen molar-refractivity contribution in [2.75, 3.05) is 0 Å². The van der Waals surface area contributed by atoms with Gasteiger partial charge in [-0.05, 0) is 37.8 Å². The van der Waals surface area contributed by atoms with Gasteiger partial charge in [0.1, 0.15) is 5.84 Å². The van der Waals surface area contributed by atoms with Gasteiger partial charge in [-0.25, -0.2) is 4.99 Å². The zero-order valence-electron chi connectivity index (χ0n) is 9.78. The maximum absolute atomic E-state index is 6.20. The van der Waals surface area contributed by atoms with Gasteiger partial charge in [-0.15, -0.1) is 0 Å². The molecule has 4 heteroatoms. The molecule has 0 amide bonds. The molecule has 1 aliphatic carbocycles. The maximum atomic E-state index is 6.20. The van der Waals surface area contributed by atoms with Crippen molar-refractivity contribution in [2.24, 2.45) is 16.6 Å². The molecule has 3 rings (SSSR count). The number of rotatable bonds is 2. The minimum absolute atomic E-state index is 0.0459.